The number of carbonyl (C=O) groups is 2. The minimum atomic E-state index is -0.470. The molecule has 3 saturated heterocycles. The molecule has 3 atom stereocenters. The van der Waals surface area contributed by atoms with Gasteiger partial charge in [0.2, 0.25) is 5.91 Å². The summed E-state index contributed by atoms with van der Waals surface area (Å²) in [6.45, 7) is 3.73. The first kappa shape index (κ1) is 19.5. The number of rotatable bonds is 4. The molecule has 2 aromatic rings. The van der Waals surface area contributed by atoms with Crippen LogP contribution in [0.15, 0.2) is 24.5 Å². The van der Waals surface area contributed by atoms with Crippen LogP contribution in [0.2, 0.25) is 0 Å². The molecule has 160 valence electrons. The summed E-state index contributed by atoms with van der Waals surface area (Å²) < 4.78 is 0. The van der Waals surface area contributed by atoms with Crippen molar-refractivity contribution in [2.24, 2.45) is 11.3 Å². The predicted molar refractivity (Wildman–Crippen MR) is 113 cm³/mol. The molecule has 0 aliphatic carbocycles. The molecule has 1 aromatic carbocycles. The van der Waals surface area contributed by atoms with Gasteiger partial charge in [-0.25, -0.2) is 4.98 Å². The molecule has 3 fully saturated rings. The van der Waals surface area contributed by atoms with E-state index in [1.165, 1.54) is 0 Å². The SMILES string of the molecule is CC[C@]1(C(=O)N2CCC(CO)CC2)C[C@H]2CC[C@@H]1N2C(=O)c1ccc2nc[nH]c2c1. The van der Waals surface area contributed by atoms with Crippen molar-refractivity contribution in [1.29, 1.82) is 0 Å². The molecule has 0 radical (unpaired) electrons. The number of aromatic nitrogens is 2. The van der Waals surface area contributed by atoms with Gasteiger partial charge in [-0.1, -0.05) is 6.92 Å². The molecule has 0 unspecified atom stereocenters. The molecule has 2 bridgehead atoms. The lowest BCUT2D eigenvalue weighted by molar-refractivity contribution is -0.146. The summed E-state index contributed by atoms with van der Waals surface area (Å²) in [4.78, 5) is 38.5. The molecular formula is C23H30N4O3. The van der Waals surface area contributed by atoms with E-state index in [0.29, 0.717) is 24.6 Å². The van der Waals surface area contributed by atoms with Crippen molar-refractivity contribution in [2.45, 2.75) is 57.5 Å². The van der Waals surface area contributed by atoms with Gasteiger partial charge in [-0.05, 0) is 62.6 Å². The molecule has 30 heavy (non-hydrogen) atoms. The van der Waals surface area contributed by atoms with Gasteiger partial charge < -0.3 is 19.9 Å². The second-order valence-electron chi connectivity index (χ2n) is 9.23. The number of hydrogen-bond acceptors (Lipinski definition) is 4. The van der Waals surface area contributed by atoms with Crippen LogP contribution in [0.3, 0.4) is 0 Å². The van der Waals surface area contributed by atoms with E-state index >= 15 is 0 Å². The van der Waals surface area contributed by atoms with E-state index in [0.717, 1.165) is 49.6 Å². The standard InChI is InChI=1S/C23H30N4O3/c1-2-23(22(30)26-9-7-15(13-28)8-10-26)12-17-4-6-20(23)27(17)21(29)16-3-5-18-19(11-16)25-14-24-18/h3,5,11,14-15,17,20,28H,2,4,6-10,12-13H2,1H3,(H,24,25)/t17-,20+,23+/m1/s1. The van der Waals surface area contributed by atoms with Gasteiger partial charge >= 0.3 is 0 Å². The number of hydrogen-bond donors (Lipinski definition) is 2. The highest BCUT2D eigenvalue weighted by atomic mass is 16.3. The number of H-pyrrole nitrogens is 1. The molecule has 3 aliphatic heterocycles. The largest absolute Gasteiger partial charge is 0.396 e. The first-order valence-electron chi connectivity index (χ1n) is 11.2. The number of aliphatic hydroxyl groups excluding tert-OH is 1. The number of carbonyl (C=O) groups excluding carboxylic acids is 2. The third-order valence-corrected chi connectivity index (χ3v) is 7.86. The number of likely N-dealkylation sites (tertiary alicyclic amines) is 1. The van der Waals surface area contributed by atoms with Crippen molar-refractivity contribution in [3.8, 4) is 0 Å². The number of nitrogens with zero attached hydrogens (tertiary/aromatic N) is 3. The van der Waals surface area contributed by atoms with Crippen LogP contribution in [0.5, 0.6) is 0 Å². The summed E-state index contributed by atoms with van der Waals surface area (Å²) in [6.07, 6.45) is 6.77. The second-order valence-corrected chi connectivity index (χ2v) is 9.23. The minimum Gasteiger partial charge on any atom is -0.396 e. The fourth-order valence-electron chi connectivity index (χ4n) is 6.10. The Morgan fingerprint density at radius 2 is 2.03 bits per heavy atom. The second kappa shape index (κ2) is 7.38. The lowest BCUT2D eigenvalue weighted by Gasteiger charge is -2.41. The molecule has 0 saturated carbocycles. The van der Waals surface area contributed by atoms with Crippen LogP contribution < -0.4 is 0 Å². The van der Waals surface area contributed by atoms with Crippen LogP contribution in [-0.4, -0.2) is 68.5 Å². The number of piperidine rings is 1. The van der Waals surface area contributed by atoms with Crippen molar-refractivity contribution < 1.29 is 14.7 Å². The normalized spacial score (nSPS) is 29.1. The predicted octanol–water partition coefficient (Wildman–Crippen LogP) is 2.57. The lowest BCUT2D eigenvalue weighted by Crippen LogP contribution is -2.53. The van der Waals surface area contributed by atoms with Crippen molar-refractivity contribution in [3.63, 3.8) is 0 Å². The van der Waals surface area contributed by atoms with Crippen LogP contribution in [0, 0.1) is 11.3 Å². The fourth-order valence-corrected chi connectivity index (χ4v) is 6.10. The Hall–Kier alpha value is -2.41. The Balaban J connectivity index is 1.40. The average molecular weight is 411 g/mol. The fraction of sp³-hybridized carbons (Fsp3) is 0.609. The monoisotopic (exact) mass is 410 g/mol. The van der Waals surface area contributed by atoms with Crippen molar-refractivity contribution in [1.82, 2.24) is 19.8 Å². The van der Waals surface area contributed by atoms with Crippen molar-refractivity contribution in [3.05, 3.63) is 30.1 Å². The quantitative estimate of drug-likeness (QED) is 0.811. The molecular weight excluding hydrogens is 380 g/mol. The summed E-state index contributed by atoms with van der Waals surface area (Å²) in [5.74, 6) is 0.554. The topological polar surface area (TPSA) is 89.5 Å². The van der Waals surface area contributed by atoms with Crippen LogP contribution in [0.25, 0.3) is 11.0 Å². The average Bonchev–Trinajstić information content (AvgIpc) is 3.51. The minimum absolute atomic E-state index is 0.0273. The van der Waals surface area contributed by atoms with Gasteiger partial charge in [-0.15, -0.1) is 0 Å². The van der Waals surface area contributed by atoms with E-state index in [1.54, 1.807) is 6.33 Å². The molecule has 4 heterocycles. The summed E-state index contributed by atoms with van der Waals surface area (Å²) >= 11 is 0. The number of aliphatic hydroxyl groups is 1. The summed E-state index contributed by atoms with van der Waals surface area (Å²) in [6, 6.07) is 5.70. The molecule has 7 nitrogen and oxygen atoms in total. The van der Waals surface area contributed by atoms with Crippen LogP contribution in [-0.2, 0) is 4.79 Å². The van der Waals surface area contributed by atoms with Crippen LogP contribution in [0.1, 0.15) is 55.8 Å². The van der Waals surface area contributed by atoms with Gasteiger partial charge in [0.15, 0.2) is 0 Å². The zero-order valence-corrected chi connectivity index (χ0v) is 17.5. The molecule has 7 heteroatoms. The summed E-state index contributed by atoms with van der Waals surface area (Å²) in [7, 11) is 0. The molecule has 1 aromatic heterocycles. The Kier molecular flexibility index (Phi) is 4.81. The molecule has 2 amide bonds. The first-order valence-corrected chi connectivity index (χ1v) is 11.2. The van der Waals surface area contributed by atoms with Gasteiger partial charge in [0.05, 0.1) is 22.8 Å². The van der Waals surface area contributed by atoms with E-state index in [4.69, 9.17) is 0 Å². The van der Waals surface area contributed by atoms with Crippen LogP contribution >= 0.6 is 0 Å². The van der Waals surface area contributed by atoms with E-state index in [9.17, 15) is 14.7 Å². The van der Waals surface area contributed by atoms with Gasteiger partial charge in [0.25, 0.3) is 5.91 Å². The molecule has 2 N–H and O–H groups in total. The van der Waals surface area contributed by atoms with Crippen molar-refractivity contribution in [2.75, 3.05) is 19.7 Å². The number of nitrogens with one attached hydrogen (secondary N) is 1. The smallest absolute Gasteiger partial charge is 0.254 e. The maximum atomic E-state index is 13.7. The van der Waals surface area contributed by atoms with Crippen LogP contribution in [0.4, 0.5) is 0 Å². The van der Waals surface area contributed by atoms with Gasteiger partial charge in [0, 0.05) is 37.3 Å². The maximum Gasteiger partial charge on any atom is 0.254 e. The maximum absolute atomic E-state index is 13.7. The number of benzene rings is 1. The molecule has 0 spiro atoms. The zero-order valence-electron chi connectivity index (χ0n) is 17.5. The first-order chi connectivity index (χ1) is 14.6. The lowest BCUT2D eigenvalue weighted by atomic mass is 9.70. The van der Waals surface area contributed by atoms with Gasteiger partial charge in [-0.3, -0.25) is 9.59 Å². The van der Waals surface area contributed by atoms with E-state index in [1.807, 2.05) is 28.0 Å². The van der Waals surface area contributed by atoms with Gasteiger partial charge in [0.1, 0.15) is 0 Å². The van der Waals surface area contributed by atoms with Gasteiger partial charge in [-0.2, -0.15) is 0 Å². The van der Waals surface area contributed by atoms with Crippen molar-refractivity contribution >= 4 is 22.8 Å². The zero-order chi connectivity index (χ0) is 20.9. The Bertz CT molecular complexity index is 964. The number of imidazole rings is 1. The molecule has 5 rings (SSSR count). The number of aromatic amines is 1. The van der Waals surface area contributed by atoms with E-state index in [2.05, 4.69) is 16.9 Å². The highest BCUT2D eigenvalue weighted by Crippen LogP contribution is 2.53. The van der Waals surface area contributed by atoms with E-state index in [-0.39, 0.29) is 30.5 Å². The third kappa shape index (κ3) is 2.86. The Morgan fingerprint density at radius 1 is 1.23 bits per heavy atom. The highest BCUT2D eigenvalue weighted by Gasteiger charge is 2.61. The number of amides is 2. The summed E-state index contributed by atoms with van der Waals surface area (Å²) in [5, 5.41) is 9.41. The molecule has 3 aliphatic rings. The Labute approximate surface area is 176 Å². The van der Waals surface area contributed by atoms with E-state index < -0.39 is 5.41 Å². The Morgan fingerprint density at radius 3 is 2.77 bits per heavy atom. The summed E-state index contributed by atoms with van der Waals surface area (Å²) in [5.41, 5.74) is 1.90. The number of fused-ring (bicyclic) bond motifs is 3. The highest BCUT2D eigenvalue weighted by molar-refractivity contribution is 5.99. The third-order valence-electron chi connectivity index (χ3n) is 7.86.